The second-order valence-electron chi connectivity index (χ2n) is 6.88. The lowest BCUT2D eigenvalue weighted by Crippen LogP contribution is -2.38. The van der Waals surface area contributed by atoms with Gasteiger partial charge >= 0.3 is 0 Å². The first kappa shape index (κ1) is 11.0. The van der Waals surface area contributed by atoms with Crippen LogP contribution in [0.25, 0.3) is 0 Å². The minimum atomic E-state index is 0.517. The zero-order valence-corrected chi connectivity index (χ0v) is 11.0. The predicted molar refractivity (Wildman–Crippen MR) is 74.2 cm³/mol. The van der Waals surface area contributed by atoms with Gasteiger partial charge in [0.15, 0.2) is 0 Å². The van der Waals surface area contributed by atoms with Crippen LogP contribution in [-0.4, -0.2) is 6.54 Å². The molecule has 0 radical (unpaired) electrons. The van der Waals surface area contributed by atoms with Crippen LogP contribution in [0.1, 0.15) is 43.6 Å². The third kappa shape index (κ3) is 1.43. The summed E-state index contributed by atoms with van der Waals surface area (Å²) in [4.78, 5) is 0. The molecule has 2 N–H and O–H groups in total. The first-order chi connectivity index (χ1) is 8.83. The van der Waals surface area contributed by atoms with Gasteiger partial charge in [-0.05, 0) is 66.9 Å². The molecular formula is C17H23N. The van der Waals surface area contributed by atoms with Crippen molar-refractivity contribution in [2.75, 3.05) is 6.54 Å². The van der Waals surface area contributed by atoms with Gasteiger partial charge in [0.2, 0.25) is 0 Å². The number of nitrogens with two attached hydrogens (primary N) is 1. The molecule has 2 bridgehead atoms. The van der Waals surface area contributed by atoms with Crippen molar-refractivity contribution in [3.8, 4) is 0 Å². The molecule has 5 atom stereocenters. The highest BCUT2D eigenvalue weighted by atomic mass is 14.7. The summed E-state index contributed by atoms with van der Waals surface area (Å²) in [6.07, 6.45) is 7.25. The Morgan fingerprint density at radius 2 is 1.94 bits per heavy atom. The van der Waals surface area contributed by atoms with E-state index in [2.05, 4.69) is 30.3 Å². The third-order valence-electron chi connectivity index (χ3n) is 6.16. The minimum absolute atomic E-state index is 0.517. The van der Waals surface area contributed by atoms with Gasteiger partial charge in [-0.1, -0.05) is 36.8 Å². The summed E-state index contributed by atoms with van der Waals surface area (Å²) in [5.41, 5.74) is 8.31. The summed E-state index contributed by atoms with van der Waals surface area (Å²) in [5, 5.41) is 0. The second-order valence-corrected chi connectivity index (χ2v) is 6.88. The molecule has 4 rings (SSSR count). The maximum absolute atomic E-state index is 6.24. The zero-order chi connectivity index (χ0) is 12.2. The van der Waals surface area contributed by atoms with Gasteiger partial charge in [0.05, 0.1) is 0 Å². The smallest absolute Gasteiger partial charge is 0.00149 e. The molecule has 1 aromatic rings. The van der Waals surface area contributed by atoms with Gasteiger partial charge in [-0.3, -0.25) is 0 Å². The standard InChI is InChI=1S/C17H23N/c18-11-17(10-12-6-7-14(17)8-12)16-9-15(16)13-4-2-1-3-5-13/h1-5,12,14-16H,6-11,18H2. The summed E-state index contributed by atoms with van der Waals surface area (Å²) >= 11 is 0. The molecule has 96 valence electrons. The van der Waals surface area contributed by atoms with Crippen LogP contribution in [0.2, 0.25) is 0 Å². The summed E-state index contributed by atoms with van der Waals surface area (Å²) < 4.78 is 0. The van der Waals surface area contributed by atoms with Gasteiger partial charge in [-0.25, -0.2) is 0 Å². The van der Waals surface area contributed by atoms with E-state index in [4.69, 9.17) is 5.73 Å². The molecule has 1 heteroatoms. The van der Waals surface area contributed by atoms with Crippen molar-refractivity contribution in [2.45, 2.75) is 38.0 Å². The van der Waals surface area contributed by atoms with Gasteiger partial charge in [0.1, 0.15) is 0 Å². The van der Waals surface area contributed by atoms with Crippen LogP contribution in [0.5, 0.6) is 0 Å². The molecule has 0 saturated heterocycles. The SMILES string of the molecule is NCC1(C2CC2c2ccccc2)CC2CCC1C2. The molecule has 1 aromatic carbocycles. The monoisotopic (exact) mass is 241 g/mol. The Bertz CT molecular complexity index is 440. The molecule has 0 spiro atoms. The third-order valence-corrected chi connectivity index (χ3v) is 6.16. The van der Waals surface area contributed by atoms with Gasteiger partial charge in [0.25, 0.3) is 0 Å². The van der Waals surface area contributed by atoms with Crippen LogP contribution >= 0.6 is 0 Å². The van der Waals surface area contributed by atoms with E-state index in [1.807, 2.05) is 0 Å². The van der Waals surface area contributed by atoms with Crippen LogP contribution in [0, 0.1) is 23.2 Å². The predicted octanol–water partition coefficient (Wildman–Crippen LogP) is 3.56. The van der Waals surface area contributed by atoms with E-state index in [-0.39, 0.29) is 0 Å². The lowest BCUT2D eigenvalue weighted by molar-refractivity contribution is 0.136. The molecule has 18 heavy (non-hydrogen) atoms. The maximum atomic E-state index is 6.24. The number of fused-ring (bicyclic) bond motifs is 2. The van der Waals surface area contributed by atoms with Gasteiger partial charge < -0.3 is 5.73 Å². The Balaban J connectivity index is 1.58. The molecule has 5 unspecified atom stereocenters. The Morgan fingerprint density at radius 1 is 1.11 bits per heavy atom. The lowest BCUT2D eigenvalue weighted by atomic mass is 9.68. The van der Waals surface area contributed by atoms with Gasteiger partial charge in [-0.15, -0.1) is 0 Å². The molecule has 0 amide bonds. The number of hydrogen-bond donors (Lipinski definition) is 1. The van der Waals surface area contributed by atoms with E-state index in [0.29, 0.717) is 5.41 Å². The van der Waals surface area contributed by atoms with Crippen molar-refractivity contribution in [3.05, 3.63) is 35.9 Å². The quantitative estimate of drug-likeness (QED) is 0.860. The Labute approximate surface area is 110 Å². The number of hydrogen-bond acceptors (Lipinski definition) is 1. The van der Waals surface area contributed by atoms with E-state index in [9.17, 15) is 0 Å². The Hall–Kier alpha value is -0.820. The van der Waals surface area contributed by atoms with Crippen molar-refractivity contribution in [3.63, 3.8) is 0 Å². The van der Waals surface area contributed by atoms with Crippen molar-refractivity contribution in [1.29, 1.82) is 0 Å². The van der Waals surface area contributed by atoms with E-state index in [0.717, 1.165) is 30.2 Å². The Morgan fingerprint density at radius 3 is 2.56 bits per heavy atom. The van der Waals surface area contributed by atoms with Crippen LogP contribution in [0.4, 0.5) is 0 Å². The second kappa shape index (κ2) is 3.84. The van der Waals surface area contributed by atoms with Crippen molar-refractivity contribution in [2.24, 2.45) is 28.9 Å². The van der Waals surface area contributed by atoms with Crippen molar-refractivity contribution in [1.82, 2.24) is 0 Å². The molecule has 3 aliphatic carbocycles. The fourth-order valence-electron chi connectivity index (χ4n) is 5.24. The minimum Gasteiger partial charge on any atom is -0.330 e. The molecule has 3 aliphatic rings. The van der Waals surface area contributed by atoms with Crippen molar-refractivity contribution >= 4 is 0 Å². The van der Waals surface area contributed by atoms with E-state index in [1.54, 1.807) is 5.56 Å². The van der Waals surface area contributed by atoms with Crippen LogP contribution in [-0.2, 0) is 0 Å². The summed E-state index contributed by atoms with van der Waals surface area (Å²) in [5.74, 6) is 3.66. The average molecular weight is 241 g/mol. The number of rotatable bonds is 3. The topological polar surface area (TPSA) is 26.0 Å². The molecular weight excluding hydrogens is 218 g/mol. The maximum Gasteiger partial charge on any atom is -0.00149 e. The zero-order valence-electron chi connectivity index (χ0n) is 11.0. The van der Waals surface area contributed by atoms with Crippen LogP contribution in [0.3, 0.4) is 0 Å². The molecule has 3 fully saturated rings. The number of benzene rings is 1. The normalized spacial score (nSPS) is 45.4. The molecule has 0 aliphatic heterocycles. The fraction of sp³-hybridized carbons (Fsp3) is 0.647. The van der Waals surface area contributed by atoms with Gasteiger partial charge in [0, 0.05) is 0 Å². The van der Waals surface area contributed by atoms with E-state index >= 15 is 0 Å². The Kier molecular flexibility index (Phi) is 2.35. The molecule has 0 aromatic heterocycles. The summed E-state index contributed by atoms with van der Waals surface area (Å²) in [6.45, 7) is 0.933. The summed E-state index contributed by atoms with van der Waals surface area (Å²) in [7, 11) is 0. The van der Waals surface area contributed by atoms with Crippen molar-refractivity contribution < 1.29 is 0 Å². The average Bonchev–Trinajstić information content (AvgIpc) is 2.99. The highest BCUT2D eigenvalue weighted by Gasteiger charge is 2.60. The van der Waals surface area contributed by atoms with E-state index < -0.39 is 0 Å². The lowest BCUT2D eigenvalue weighted by Gasteiger charge is -2.37. The largest absolute Gasteiger partial charge is 0.330 e. The highest BCUT2D eigenvalue weighted by Crippen LogP contribution is 2.68. The van der Waals surface area contributed by atoms with E-state index in [1.165, 1.54) is 32.1 Å². The highest BCUT2D eigenvalue weighted by molar-refractivity contribution is 5.28. The molecule has 3 saturated carbocycles. The molecule has 1 nitrogen and oxygen atoms in total. The summed E-state index contributed by atoms with van der Waals surface area (Å²) in [6, 6.07) is 11.1. The van der Waals surface area contributed by atoms with Gasteiger partial charge in [-0.2, -0.15) is 0 Å². The molecule has 0 heterocycles. The first-order valence-electron chi connectivity index (χ1n) is 7.58. The van der Waals surface area contributed by atoms with Crippen LogP contribution < -0.4 is 5.73 Å². The first-order valence-corrected chi connectivity index (χ1v) is 7.58. The fourth-order valence-corrected chi connectivity index (χ4v) is 5.24. The van der Waals surface area contributed by atoms with Crippen LogP contribution in [0.15, 0.2) is 30.3 Å².